The van der Waals surface area contributed by atoms with E-state index in [4.69, 9.17) is 16.7 Å². The van der Waals surface area contributed by atoms with Gasteiger partial charge in [0.1, 0.15) is 0 Å². The molecule has 0 aliphatic heterocycles. The highest BCUT2D eigenvalue weighted by Crippen LogP contribution is 2.28. The summed E-state index contributed by atoms with van der Waals surface area (Å²) in [4.78, 5) is 2.57. The molecule has 1 aliphatic carbocycles. The third kappa shape index (κ3) is 4.23. The van der Waals surface area contributed by atoms with Gasteiger partial charge in [-0.25, -0.2) is 0 Å². The fourth-order valence-corrected chi connectivity index (χ4v) is 4.21. The average molecular weight is 377 g/mol. The van der Waals surface area contributed by atoms with Crippen molar-refractivity contribution in [1.82, 2.24) is 14.7 Å². The first-order valence-electron chi connectivity index (χ1n) is 8.25. The highest BCUT2D eigenvalue weighted by Gasteiger charge is 2.24. The number of aromatic nitrogens is 2. The van der Waals surface area contributed by atoms with Crippen LogP contribution in [0.4, 0.5) is 0 Å². The summed E-state index contributed by atoms with van der Waals surface area (Å²) in [5.74, 6) is 0.703. The van der Waals surface area contributed by atoms with Crippen LogP contribution in [0.1, 0.15) is 57.3 Å². The van der Waals surface area contributed by atoms with Crippen molar-refractivity contribution < 1.29 is 0 Å². The molecule has 5 heteroatoms. The van der Waals surface area contributed by atoms with Gasteiger partial charge in [0.25, 0.3) is 0 Å². The first kappa shape index (κ1) is 17.3. The molecule has 21 heavy (non-hydrogen) atoms. The zero-order chi connectivity index (χ0) is 15.2. The van der Waals surface area contributed by atoms with Gasteiger partial charge in [0, 0.05) is 31.6 Å². The standard InChI is InChI=1S/C16H27BrClN3/c1-3-14-16(17)15(21(4-2)19-14)12-20(11-10-18)13-8-6-5-7-9-13/h13H,3-12H2,1-2H3. The Balaban J connectivity index is 2.17. The lowest BCUT2D eigenvalue weighted by Crippen LogP contribution is -2.38. The zero-order valence-corrected chi connectivity index (χ0v) is 15.6. The fourth-order valence-electron chi connectivity index (χ4n) is 3.31. The summed E-state index contributed by atoms with van der Waals surface area (Å²) in [5.41, 5.74) is 2.48. The molecule has 0 bridgehead atoms. The number of aryl methyl sites for hydroxylation is 2. The molecule has 0 spiro atoms. The van der Waals surface area contributed by atoms with Crippen LogP contribution in [0, 0.1) is 0 Å². The molecule has 1 aliphatic rings. The summed E-state index contributed by atoms with van der Waals surface area (Å²) < 4.78 is 3.34. The molecule has 1 heterocycles. The number of halogens is 2. The van der Waals surface area contributed by atoms with Crippen LogP contribution in [0.5, 0.6) is 0 Å². The Hall–Kier alpha value is -0.0600. The number of hydrogen-bond acceptors (Lipinski definition) is 2. The number of alkyl halides is 1. The molecule has 1 saturated carbocycles. The van der Waals surface area contributed by atoms with Gasteiger partial charge in [-0.3, -0.25) is 9.58 Å². The minimum absolute atomic E-state index is 0.690. The van der Waals surface area contributed by atoms with Crippen LogP contribution >= 0.6 is 27.5 Å². The molecule has 0 radical (unpaired) electrons. The van der Waals surface area contributed by atoms with E-state index in [1.807, 2.05) is 0 Å². The van der Waals surface area contributed by atoms with Gasteiger partial charge in [-0.1, -0.05) is 26.2 Å². The highest BCUT2D eigenvalue weighted by atomic mass is 79.9. The highest BCUT2D eigenvalue weighted by molar-refractivity contribution is 9.10. The molecule has 1 aromatic rings. The van der Waals surface area contributed by atoms with Crippen LogP contribution in [0.2, 0.25) is 0 Å². The summed E-state index contributed by atoms with van der Waals surface area (Å²) in [6.45, 7) is 7.17. The molecular formula is C16H27BrClN3. The van der Waals surface area contributed by atoms with Gasteiger partial charge in [0.2, 0.25) is 0 Å². The molecule has 1 aromatic heterocycles. The van der Waals surface area contributed by atoms with E-state index in [9.17, 15) is 0 Å². The van der Waals surface area contributed by atoms with Gasteiger partial charge >= 0.3 is 0 Å². The molecular weight excluding hydrogens is 350 g/mol. The third-order valence-corrected chi connectivity index (χ3v) is 5.59. The molecule has 0 amide bonds. The summed E-state index contributed by atoms with van der Waals surface area (Å²) in [6, 6.07) is 0.690. The van der Waals surface area contributed by atoms with Crippen LogP contribution in [-0.4, -0.2) is 33.1 Å². The van der Waals surface area contributed by atoms with E-state index in [0.717, 1.165) is 26.1 Å². The maximum Gasteiger partial charge on any atom is 0.0767 e. The lowest BCUT2D eigenvalue weighted by molar-refractivity contribution is 0.152. The maximum absolute atomic E-state index is 6.05. The Morgan fingerprint density at radius 1 is 1.29 bits per heavy atom. The third-order valence-electron chi connectivity index (χ3n) is 4.51. The summed E-state index contributed by atoms with van der Waals surface area (Å²) in [5, 5.41) is 4.72. The van der Waals surface area contributed by atoms with Crippen LogP contribution in [0.3, 0.4) is 0 Å². The lowest BCUT2D eigenvalue weighted by atomic mass is 9.94. The Kier molecular flexibility index (Phi) is 7.03. The van der Waals surface area contributed by atoms with E-state index < -0.39 is 0 Å². The molecule has 3 nitrogen and oxygen atoms in total. The largest absolute Gasteiger partial charge is 0.293 e. The summed E-state index contributed by atoms with van der Waals surface area (Å²) in [6.07, 6.45) is 7.71. The van der Waals surface area contributed by atoms with Crippen molar-refractivity contribution in [2.24, 2.45) is 0 Å². The topological polar surface area (TPSA) is 21.1 Å². The zero-order valence-electron chi connectivity index (χ0n) is 13.2. The van der Waals surface area contributed by atoms with E-state index in [2.05, 4.69) is 39.4 Å². The summed E-state index contributed by atoms with van der Waals surface area (Å²) in [7, 11) is 0. The Morgan fingerprint density at radius 2 is 2.00 bits per heavy atom. The SMILES string of the molecule is CCc1nn(CC)c(CN(CCCl)C2CCCCC2)c1Br. The van der Waals surface area contributed by atoms with Crippen molar-refractivity contribution in [2.45, 2.75) is 71.5 Å². The van der Waals surface area contributed by atoms with Gasteiger partial charge in [-0.05, 0) is 42.1 Å². The van der Waals surface area contributed by atoms with Crippen LogP contribution < -0.4 is 0 Å². The predicted octanol–water partition coefficient (Wildman–Crippen LogP) is 4.60. The Bertz CT molecular complexity index is 441. The molecule has 2 rings (SSSR count). The number of nitrogens with zero attached hydrogens (tertiary/aromatic N) is 3. The smallest absolute Gasteiger partial charge is 0.0767 e. The number of hydrogen-bond donors (Lipinski definition) is 0. The quantitative estimate of drug-likeness (QED) is 0.648. The second-order valence-corrected chi connectivity index (χ2v) is 7.00. The van der Waals surface area contributed by atoms with E-state index in [-0.39, 0.29) is 0 Å². The van der Waals surface area contributed by atoms with E-state index in [1.54, 1.807) is 0 Å². The Labute approximate surface area is 142 Å². The van der Waals surface area contributed by atoms with Gasteiger partial charge in [-0.2, -0.15) is 5.10 Å². The van der Waals surface area contributed by atoms with Gasteiger partial charge in [0.15, 0.2) is 0 Å². The first-order valence-corrected chi connectivity index (χ1v) is 9.58. The van der Waals surface area contributed by atoms with Crippen molar-refractivity contribution in [3.05, 3.63) is 15.9 Å². The molecule has 1 fully saturated rings. The van der Waals surface area contributed by atoms with E-state index in [1.165, 1.54) is 48.0 Å². The lowest BCUT2D eigenvalue weighted by Gasteiger charge is -2.34. The second kappa shape index (κ2) is 8.54. The van der Waals surface area contributed by atoms with Crippen molar-refractivity contribution in [2.75, 3.05) is 12.4 Å². The van der Waals surface area contributed by atoms with Crippen LogP contribution in [-0.2, 0) is 19.5 Å². The van der Waals surface area contributed by atoms with Crippen molar-refractivity contribution in [3.8, 4) is 0 Å². The van der Waals surface area contributed by atoms with Gasteiger partial charge in [-0.15, -0.1) is 11.6 Å². The molecule has 0 unspecified atom stereocenters. The maximum atomic E-state index is 6.05. The van der Waals surface area contributed by atoms with Crippen LogP contribution in [0.15, 0.2) is 4.47 Å². The molecule has 0 atom stereocenters. The average Bonchev–Trinajstić information content (AvgIpc) is 2.83. The molecule has 0 N–H and O–H groups in total. The van der Waals surface area contributed by atoms with Crippen LogP contribution in [0.25, 0.3) is 0 Å². The monoisotopic (exact) mass is 375 g/mol. The summed E-state index contributed by atoms with van der Waals surface area (Å²) >= 11 is 9.82. The van der Waals surface area contributed by atoms with E-state index in [0.29, 0.717) is 11.9 Å². The van der Waals surface area contributed by atoms with Crippen molar-refractivity contribution >= 4 is 27.5 Å². The Morgan fingerprint density at radius 3 is 2.57 bits per heavy atom. The first-order chi connectivity index (χ1) is 10.2. The fraction of sp³-hybridized carbons (Fsp3) is 0.812. The second-order valence-electron chi connectivity index (χ2n) is 5.83. The normalized spacial score (nSPS) is 16.8. The minimum Gasteiger partial charge on any atom is -0.293 e. The molecule has 0 aromatic carbocycles. The number of rotatable bonds is 7. The van der Waals surface area contributed by atoms with Crippen molar-refractivity contribution in [3.63, 3.8) is 0 Å². The van der Waals surface area contributed by atoms with Gasteiger partial charge in [0.05, 0.1) is 15.9 Å². The van der Waals surface area contributed by atoms with Gasteiger partial charge < -0.3 is 0 Å². The van der Waals surface area contributed by atoms with E-state index >= 15 is 0 Å². The predicted molar refractivity (Wildman–Crippen MR) is 93.0 cm³/mol. The molecule has 0 saturated heterocycles. The molecule has 120 valence electrons. The minimum atomic E-state index is 0.690. The van der Waals surface area contributed by atoms with Crippen molar-refractivity contribution in [1.29, 1.82) is 0 Å².